The van der Waals surface area contributed by atoms with E-state index in [0.717, 1.165) is 19.2 Å². The smallest absolute Gasteiger partial charge is 0.0949 e. The molecule has 1 aromatic rings. The molecule has 88 valence electrons. The molecule has 0 amide bonds. The van der Waals surface area contributed by atoms with Crippen molar-refractivity contribution in [1.82, 2.24) is 5.32 Å². The molecule has 1 fully saturated rings. The summed E-state index contributed by atoms with van der Waals surface area (Å²) in [6.45, 7) is 5.87. The molecule has 1 unspecified atom stereocenters. The van der Waals surface area contributed by atoms with E-state index in [0.29, 0.717) is 0 Å². The normalized spacial score (nSPS) is 17.4. The molecule has 0 bridgehead atoms. The third-order valence-corrected chi connectivity index (χ3v) is 2.99. The summed E-state index contributed by atoms with van der Waals surface area (Å²) >= 11 is 0. The van der Waals surface area contributed by atoms with E-state index < -0.39 is 0 Å². The molecule has 0 heterocycles. The lowest BCUT2D eigenvalue weighted by Gasteiger charge is -2.18. The van der Waals surface area contributed by atoms with Crippen molar-refractivity contribution in [2.45, 2.75) is 38.8 Å². The lowest BCUT2D eigenvalue weighted by molar-refractivity contribution is 0.0621. The maximum absolute atomic E-state index is 5.78. The van der Waals surface area contributed by atoms with Crippen LogP contribution in [0.15, 0.2) is 24.3 Å². The summed E-state index contributed by atoms with van der Waals surface area (Å²) in [5.41, 5.74) is 2.58. The molecule has 1 saturated carbocycles. The van der Waals surface area contributed by atoms with E-state index in [1.807, 2.05) is 0 Å². The van der Waals surface area contributed by atoms with Gasteiger partial charge in [-0.3, -0.25) is 0 Å². The average Bonchev–Trinajstić information content (AvgIpc) is 3.09. The highest BCUT2D eigenvalue weighted by molar-refractivity contribution is 5.23. The Hall–Kier alpha value is -0.860. The highest BCUT2D eigenvalue weighted by Crippen LogP contribution is 2.22. The molecule has 2 rings (SSSR count). The quantitative estimate of drug-likeness (QED) is 0.794. The Morgan fingerprint density at radius 1 is 1.31 bits per heavy atom. The number of aryl methyl sites for hydroxylation is 1. The SMILES string of the molecule is CCOC(CNC1CC1)c1ccc(C)cc1. The molecule has 0 spiro atoms. The Labute approximate surface area is 98.0 Å². The molecular weight excluding hydrogens is 198 g/mol. The zero-order chi connectivity index (χ0) is 11.4. The zero-order valence-electron chi connectivity index (χ0n) is 10.2. The Morgan fingerprint density at radius 2 is 2.00 bits per heavy atom. The third-order valence-electron chi connectivity index (χ3n) is 2.99. The summed E-state index contributed by atoms with van der Waals surface area (Å²) in [4.78, 5) is 0. The minimum Gasteiger partial charge on any atom is -0.372 e. The molecule has 2 nitrogen and oxygen atoms in total. The molecule has 1 atom stereocenters. The van der Waals surface area contributed by atoms with Gasteiger partial charge in [0.15, 0.2) is 0 Å². The van der Waals surface area contributed by atoms with Gasteiger partial charge in [-0.15, -0.1) is 0 Å². The lowest BCUT2D eigenvalue weighted by atomic mass is 10.1. The predicted octanol–water partition coefficient (Wildman–Crippen LogP) is 2.82. The Morgan fingerprint density at radius 3 is 2.56 bits per heavy atom. The Balaban J connectivity index is 1.95. The number of benzene rings is 1. The van der Waals surface area contributed by atoms with Crippen molar-refractivity contribution in [2.24, 2.45) is 0 Å². The van der Waals surface area contributed by atoms with Crippen LogP contribution in [0.5, 0.6) is 0 Å². The van der Waals surface area contributed by atoms with Crippen LogP contribution in [0.2, 0.25) is 0 Å². The highest BCUT2D eigenvalue weighted by Gasteiger charge is 2.22. The maximum atomic E-state index is 5.78. The van der Waals surface area contributed by atoms with Gasteiger partial charge >= 0.3 is 0 Å². The molecule has 0 aromatic heterocycles. The van der Waals surface area contributed by atoms with Crippen molar-refractivity contribution in [3.63, 3.8) is 0 Å². The van der Waals surface area contributed by atoms with E-state index in [1.54, 1.807) is 0 Å². The fraction of sp³-hybridized carbons (Fsp3) is 0.571. The van der Waals surface area contributed by atoms with Crippen LogP contribution in [0.3, 0.4) is 0 Å². The van der Waals surface area contributed by atoms with Crippen molar-refractivity contribution in [3.05, 3.63) is 35.4 Å². The van der Waals surface area contributed by atoms with E-state index in [-0.39, 0.29) is 6.10 Å². The lowest BCUT2D eigenvalue weighted by Crippen LogP contribution is -2.25. The molecule has 0 radical (unpaired) electrons. The molecule has 0 saturated heterocycles. The first-order valence-electron chi connectivity index (χ1n) is 6.21. The Kier molecular flexibility index (Phi) is 3.97. The van der Waals surface area contributed by atoms with Crippen molar-refractivity contribution in [3.8, 4) is 0 Å². The topological polar surface area (TPSA) is 21.3 Å². The van der Waals surface area contributed by atoms with Crippen molar-refractivity contribution >= 4 is 0 Å². The van der Waals surface area contributed by atoms with Crippen LogP contribution >= 0.6 is 0 Å². The number of hydrogen-bond acceptors (Lipinski definition) is 2. The summed E-state index contributed by atoms with van der Waals surface area (Å²) in [6, 6.07) is 9.39. The second-order valence-corrected chi connectivity index (χ2v) is 4.54. The average molecular weight is 219 g/mol. The van der Waals surface area contributed by atoms with Gasteiger partial charge in [0.2, 0.25) is 0 Å². The minimum atomic E-state index is 0.200. The van der Waals surface area contributed by atoms with Crippen molar-refractivity contribution < 1.29 is 4.74 Å². The van der Waals surface area contributed by atoms with E-state index in [2.05, 4.69) is 43.4 Å². The van der Waals surface area contributed by atoms with E-state index in [4.69, 9.17) is 4.74 Å². The van der Waals surface area contributed by atoms with Crippen LogP contribution in [-0.2, 0) is 4.74 Å². The molecular formula is C14H21NO. The minimum absolute atomic E-state index is 0.200. The summed E-state index contributed by atoms with van der Waals surface area (Å²) < 4.78 is 5.78. The van der Waals surface area contributed by atoms with Crippen LogP contribution in [0, 0.1) is 6.92 Å². The fourth-order valence-corrected chi connectivity index (χ4v) is 1.82. The summed E-state index contributed by atoms with van der Waals surface area (Å²) in [6.07, 6.45) is 2.85. The third kappa shape index (κ3) is 3.32. The highest BCUT2D eigenvalue weighted by atomic mass is 16.5. The largest absolute Gasteiger partial charge is 0.372 e. The van der Waals surface area contributed by atoms with Gasteiger partial charge in [-0.25, -0.2) is 0 Å². The number of nitrogens with one attached hydrogen (secondary N) is 1. The summed E-state index contributed by atoms with van der Waals surface area (Å²) in [5.74, 6) is 0. The van der Waals surface area contributed by atoms with Gasteiger partial charge in [-0.1, -0.05) is 29.8 Å². The summed E-state index contributed by atoms with van der Waals surface area (Å²) in [5, 5.41) is 3.53. The Bertz CT molecular complexity index is 316. The molecule has 2 heteroatoms. The van der Waals surface area contributed by atoms with Gasteiger partial charge < -0.3 is 10.1 Å². The molecule has 1 aromatic carbocycles. The van der Waals surface area contributed by atoms with Gasteiger partial charge in [-0.2, -0.15) is 0 Å². The molecule has 1 N–H and O–H groups in total. The van der Waals surface area contributed by atoms with Crippen LogP contribution in [0.1, 0.15) is 37.0 Å². The van der Waals surface area contributed by atoms with E-state index >= 15 is 0 Å². The molecule has 0 aliphatic heterocycles. The predicted molar refractivity (Wildman–Crippen MR) is 66.6 cm³/mol. The van der Waals surface area contributed by atoms with Gasteiger partial charge in [0.1, 0.15) is 0 Å². The first kappa shape index (κ1) is 11.6. The van der Waals surface area contributed by atoms with Crippen LogP contribution < -0.4 is 5.32 Å². The standard InChI is InChI=1S/C14H21NO/c1-3-16-14(10-15-13-8-9-13)12-6-4-11(2)5-7-12/h4-7,13-15H,3,8-10H2,1-2H3. The monoisotopic (exact) mass is 219 g/mol. The first-order valence-corrected chi connectivity index (χ1v) is 6.21. The second-order valence-electron chi connectivity index (χ2n) is 4.54. The van der Waals surface area contributed by atoms with Gasteiger partial charge in [-0.05, 0) is 32.3 Å². The fourth-order valence-electron chi connectivity index (χ4n) is 1.82. The number of rotatable bonds is 6. The first-order chi connectivity index (χ1) is 7.79. The van der Waals surface area contributed by atoms with Gasteiger partial charge in [0.25, 0.3) is 0 Å². The molecule has 16 heavy (non-hydrogen) atoms. The number of hydrogen-bond donors (Lipinski definition) is 1. The summed E-state index contributed by atoms with van der Waals surface area (Å²) in [7, 11) is 0. The van der Waals surface area contributed by atoms with Crippen LogP contribution in [0.4, 0.5) is 0 Å². The molecule has 1 aliphatic rings. The van der Waals surface area contributed by atoms with E-state index in [1.165, 1.54) is 24.0 Å². The van der Waals surface area contributed by atoms with Crippen molar-refractivity contribution in [1.29, 1.82) is 0 Å². The van der Waals surface area contributed by atoms with Gasteiger partial charge in [0, 0.05) is 19.2 Å². The van der Waals surface area contributed by atoms with Crippen LogP contribution in [-0.4, -0.2) is 19.2 Å². The maximum Gasteiger partial charge on any atom is 0.0949 e. The number of ether oxygens (including phenoxy) is 1. The second kappa shape index (κ2) is 5.46. The van der Waals surface area contributed by atoms with Crippen molar-refractivity contribution in [2.75, 3.05) is 13.2 Å². The zero-order valence-corrected chi connectivity index (χ0v) is 10.2. The van der Waals surface area contributed by atoms with Gasteiger partial charge in [0.05, 0.1) is 6.10 Å². The van der Waals surface area contributed by atoms with Crippen LogP contribution in [0.25, 0.3) is 0 Å². The van der Waals surface area contributed by atoms with E-state index in [9.17, 15) is 0 Å². The molecule has 1 aliphatic carbocycles.